The topological polar surface area (TPSA) is 83.7 Å². The third-order valence-electron chi connectivity index (χ3n) is 5.62. The summed E-state index contributed by atoms with van der Waals surface area (Å²) < 4.78 is 95.9. The van der Waals surface area contributed by atoms with Crippen LogP contribution in [0.2, 0.25) is 0 Å². The van der Waals surface area contributed by atoms with Crippen LogP contribution < -0.4 is 10.7 Å². The van der Waals surface area contributed by atoms with Gasteiger partial charge in [0.25, 0.3) is 5.91 Å². The Labute approximate surface area is 194 Å². The Morgan fingerprint density at radius 3 is 2.23 bits per heavy atom. The second-order valence-electron chi connectivity index (χ2n) is 8.11. The van der Waals surface area contributed by atoms with Gasteiger partial charge in [0.15, 0.2) is 5.76 Å². The fraction of sp³-hybridized carbons (Fsp3) is 0.409. The van der Waals surface area contributed by atoms with Gasteiger partial charge in [-0.15, -0.1) is 0 Å². The zero-order valence-electron chi connectivity index (χ0n) is 18.7. The van der Waals surface area contributed by atoms with Gasteiger partial charge in [0.2, 0.25) is 0 Å². The molecule has 13 heteroatoms. The molecular weight excluding hydrogens is 487 g/mol. The maximum absolute atomic E-state index is 13.6. The average molecular weight is 507 g/mol. The number of hydrogen-bond acceptors (Lipinski definition) is 4. The highest BCUT2D eigenvalue weighted by Crippen LogP contribution is 2.46. The predicted molar refractivity (Wildman–Crippen MR) is 111 cm³/mol. The van der Waals surface area contributed by atoms with Gasteiger partial charge < -0.3 is 9.73 Å². The van der Waals surface area contributed by atoms with Gasteiger partial charge in [-0.2, -0.15) is 35.8 Å². The third kappa shape index (κ3) is 4.76. The zero-order chi connectivity index (χ0) is 26.3. The Bertz CT molecular complexity index is 1200. The fourth-order valence-corrected chi connectivity index (χ4v) is 3.51. The molecule has 35 heavy (non-hydrogen) atoms. The summed E-state index contributed by atoms with van der Waals surface area (Å²) in [5.41, 5.74) is 3.85. The minimum atomic E-state index is -6.65. The van der Waals surface area contributed by atoms with Crippen LogP contribution in [0, 0.1) is 20.8 Å². The highest BCUT2D eigenvalue weighted by Gasteiger charge is 2.76. The van der Waals surface area contributed by atoms with Crippen molar-refractivity contribution in [2.45, 2.75) is 58.1 Å². The summed E-state index contributed by atoms with van der Waals surface area (Å²) in [6, 6.07) is 5.22. The summed E-state index contributed by atoms with van der Waals surface area (Å²) in [5, 5.41) is 6.03. The van der Waals surface area contributed by atoms with E-state index in [-0.39, 0.29) is 34.8 Å². The van der Waals surface area contributed by atoms with E-state index < -0.39 is 29.8 Å². The number of aryl methyl sites for hydroxylation is 3. The SMILES string of the molecule is Cc1ccc(NC(=O)c2oc3c(c2C)/C(=N/NC(=O)C(F)(F)C(F)(F)C(F)(F)F)CCC3)cc1C. The normalized spacial score (nSPS) is 15.7. The van der Waals surface area contributed by atoms with Crippen molar-refractivity contribution in [3.8, 4) is 0 Å². The maximum Gasteiger partial charge on any atom is 0.460 e. The molecule has 6 nitrogen and oxygen atoms in total. The number of amides is 2. The minimum absolute atomic E-state index is 0.0626. The monoisotopic (exact) mass is 507 g/mol. The van der Waals surface area contributed by atoms with Gasteiger partial charge in [0, 0.05) is 23.2 Å². The lowest BCUT2D eigenvalue weighted by Crippen LogP contribution is -2.58. The molecule has 1 heterocycles. The number of halogens is 7. The molecule has 2 N–H and O–H groups in total. The van der Waals surface area contributed by atoms with Gasteiger partial charge in [-0.05, 0) is 56.9 Å². The van der Waals surface area contributed by atoms with Crippen LogP contribution in [-0.4, -0.2) is 35.5 Å². The van der Waals surface area contributed by atoms with E-state index in [1.54, 1.807) is 18.2 Å². The van der Waals surface area contributed by atoms with Crippen molar-refractivity contribution >= 4 is 23.2 Å². The van der Waals surface area contributed by atoms with Gasteiger partial charge >= 0.3 is 23.9 Å². The van der Waals surface area contributed by atoms with Crippen LogP contribution in [0.3, 0.4) is 0 Å². The molecule has 0 saturated heterocycles. The van der Waals surface area contributed by atoms with E-state index in [2.05, 4.69) is 10.4 Å². The number of hydrogen-bond donors (Lipinski definition) is 2. The number of nitrogens with zero attached hydrogens (tertiary/aromatic N) is 1. The third-order valence-corrected chi connectivity index (χ3v) is 5.62. The lowest BCUT2D eigenvalue weighted by Gasteiger charge is -2.26. The van der Waals surface area contributed by atoms with Crippen LogP contribution >= 0.6 is 0 Å². The number of benzene rings is 1. The maximum atomic E-state index is 13.6. The summed E-state index contributed by atoms with van der Waals surface area (Å²) in [7, 11) is 0. The van der Waals surface area contributed by atoms with Crippen LogP contribution in [0.5, 0.6) is 0 Å². The van der Waals surface area contributed by atoms with Crippen molar-refractivity contribution in [3.63, 3.8) is 0 Å². The van der Waals surface area contributed by atoms with E-state index in [9.17, 15) is 40.3 Å². The number of hydrazone groups is 1. The Balaban J connectivity index is 1.85. The second kappa shape index (κ2) is 9.00. The van der Waals surface area contributed by atoms with Crippen LogP contribution in [0.15, 0.2) is 27.7 Å². The van der Waals surface area contributed by atoms with Crippen molar-refractivity contribution in [2.75, 3.05) is 5.32 Å². The average Bonchev–Trinajstić information content (AvgIpc) is 3.11. The summed E-state index contributed by atoms with van der Waals surface area (Å²) in [6.07, 6.45) is -5.93. The quantitative estimate of drug-likeness (QED) is 0.417. The van der Waals surface area contributed by atoms with Crippen LogP contribution in [0.1, 0.15) is 51.4 Å². The van der Waals surface area contributed by atoms with E-state index >= 15 is 0 Å². The number of nitrogens with one attached hydrogen (secondary N) is 2. The highest BCUT2D eigenvalue weighted by atomic mass is 19.4. The molecule has 0 saturated carbocycles. The van der Waals surface area contributed by atoms with Crippen molar-refractivity contribution in [3.05, 3.63) is 52.0 Å². The number of carbonyl (C=O) groups is 2. The molecule has 1 aliphatic rings. The molecule has 2 aromatic rings. The van der Waals surface area contributed by atoms with E-state index in [1.807, 2.05) is 13.8 Å². The summed E-state index contributed by atoms with van der Waals surface area (Å²) in [6.45, 7) is 5.21. The molecule has 0 fully saturated rings. The lowest BCUT2D eigenvalue weighted by atomic mass is 9.93. The minimum Gasteiger partial charge on any atom is -0.455 e. The first-order valence-corrected chi connectivity index (χ1v) is 10.3. The Kier molecular flexibility index (Phi) is 6.75. The van der Waals surface area contributed by atoms with E-state index in [4.69, 9.17) is 4.42 Å². The zero-order valence-corrected chi connectivity index (χ0v) is 18.7. The molecule has 3 rings (SSSR count). The first kappa shape index (κ1) is 26.2. The molecule has 0 radical (unpaired) electrons. The molecular formula is C22H20F7N3O3. The predicted octanol–water partition coefficient (Wildman–Crippen LogP) is 5.45. The first-order chi connectivity index (χ1) is 16.1. The first-order valence-electron chi connectivity index (χ1n) is 10.3. The van der Waals surface area contributed by atoms with Crippen molar-refractivity contribution in [1.82, 2.24) is 5.43 Å². The molecule has 0 atom stereocenters. The molecule has 1 aromatic heterocycles. The summed E-state index contributed by atoms with van der Waals surface area (Å²) >= 11 is 0. The van der Waals surface area contributed by atoms with E-state index in [0.29, 0.717) is 18.5 Å². The standard InChI is InChI=1S/C22H20F7N3O3/c1-10-7-8-13(9-11(10)2)30-18(33)17-12(3)16-14(5-4-6-15(16)35-17)31-32-19(34)20(23,24)21(25,26)22(27,28)29/h7-9H,4-6H2,1-3H3,(H,30,33)(H,32,34)/b31-14+. The van der Waals surface area contributed by atoms with Gasteiger partial charge in [-0.25, -0.2) is 5.43 Å². The van der Waals surface area contributed by atoms with E-state index in [1.165, 1.54) is 6.92 Å². The van der Waals surface area contributed by atoms with Crippen LogP contribution in [-0.2, 0) is 11.2 Å². The van der Waals surface area contributed by atoms with Crippen molar-refractivity contribution < 1.29 is 44.7 Å². The van der Waals surface area contributed by atoms with Crippen LogP contribution in [0.4, 0.5) is 36.4 Å². The van der Waals surface area contributed by atoms with Gasteiger partial charge in [0.1, 0.15) is 5.76 Å². The number of furan rings is 1. The Morgan fingerprint density at radius 1 is 0.971 bits per heavy atom. The lowest BCUT2D eigenvalue weighted by molar-refractivity contribution is -0.344. The van der Waals surface area contributed by atoms with Crippen LogP contribution in [0.25, 0.3) is 0 Å². The number of anilines is 1. The Morgan fingerprint density at radius 2 is 1.63 bits per heavy atom. The fourth-order valence-electron chi connectivity index (χ4n) is 3.51. The molecule has 0 bridgehead atoms. The summed E-state index contributed by atoms with van der Waals surface area (Å²) in [5.74, 6) is -16.1. The largest absolute Gasteiger partial charge is 0.460 e. The van der Waals surface area contributed by atoms with Crippen molar-refractivity contribution in [2.24, 2.45) is 5.10 Å². The second-order valence-corrected chi connectivity index (χ2v) is 8.11. The highest BCUT2D eigenvalue weighted by molar-refractivity contribution is 6.09. The Hall–Kier alpha value is -3.38. The van der Waals surface area contributed by atoms with Gasteiger partial charge in [-0.3, -0.25) is 9.59 Å². The molecule has 1 aromatic carbocycles. The van der Waals surface area contributed by atoms with Gasteiger partial charge in [-0.1, -0.05) is 6.07 Å². The van der Waals surface area contributed by atoms with E-state index in [0.717, 1.165) is 16.6 Å². The number of alkyl halides is 7. The molecule has 0 unspecified atom stereocenters. The number of rotatable bonds is 5. The summed E-state index contributed by atoms with van der Waals surface area (Å²) in [4.78, 5) is 24.3. The molecule has 0 spiro atoms. The van der Waals surface area contributed by atoms with Gasteiger partial charge in [0.05, 0.1) is 5.71 Å². The van der Waals surface area contributed by atoms with Crippen molar-refractivity contribution in [1.29, 1.82) is 0 Å². The number of carbonyl (C=O) groups excluding carboxylic acids is 2. The number of fused-ring (bicyclic) bond motifs is 1. The molecule has 2 amide bonds. The molecule has 0 aliphatic heterocycles. The molecule has 190 valence electrons. The smallest absolute Gasteiger partial charge is 0.455 e. The molecule has 1 aliphatic carbocycles.